The number of alkyl halides is 3. The van der Waals surface area contributed by atoms with Crippen molar-refractivity contribution >= 4 is 23.2 Å². The quantitative estimate of drug-likeness (QED) is 0.784. The van der Waals surface area contributed by atoms with Gasteiger partial charge in [0.2, 0.25) is 11.8 Å². The molecule has 5 nitrogen and oxygen atoms in total. The molecule has 8 heteroatoms. The second-order valence-corrected chi connectivity index (χ2v) is 6.69. The average Bonchev–Trinajstić information content (AvgIpc) is 2.52. The van der Waals surface area contributed by atoms with Crippen LogP contribution >= 0.6 is 0 Å². The van der Waals surface area contributed by atoms with Crippen molar-refractivity contribution in [1.29, 1.82) is 0 Å². The maximum absolute atomic E-state index is 13.0. The van der Waals surface area contributed by atoms with Crippen molar-refractivity contribution in [2.24, 2.45) is 0 Å². The lowest BCUT2D eigenvalue weighted by Gasteiger charge is -2.18. The molecule has 0 bridgehead atoms. The van der Waals surface area contributed by atoms with Gasteiger partial charge in [0.15, 0.2) is 0 Å². The molecule has 0 aliphatic rings. The van der Waals surface area contributed by atoms with Crippen LogP contribution < -0.4 is 10.6 Å². The average molecular weight is 393 g/mol. The van der Waals surface area contributed by atoms with Crippen molar-refractivity contribution in [3.8, 4) is 0 Å². The smallest absolute Gasteiger partial charge is 0.325 e. The molecule has 0 unspecified atom stereocenters. The Bertz CT molecular complexity index is 846. The minimum absolute atomic E-state index is 0.0820. The summed E-state index contributed by atoms with van der Waals surface area (Å²) in [5.41, 5.74) is 1.43. The fourth-order valence-corrected chi connectivity index (χ4v) is 2.82. The molecule has 0 saturated carbocycles. The van der Waals surface area contributed by atoms with E-state index in [4.69, 9.17) is 0 Å². The van der Waals surface area contributed by atoms with E-state index in [1.165, 1.54) is 30.1 Å². The Kier molecular flexibility index (Phi) is 6.80. The highest BCUT2D eigenvalue weighted by atomic mass is 19.4. The van der Waals surface area contributed by atoms with E-state index in [1.807, 2.05) is 32.0 Å². The Labute approximate surface area is 161 Å². The minimum atomic E-state index is -4.57. The highest BCUT2D eigenvalue weighted by Crippen LogP contribution is 2.34. The predicted octanol–water partition coefficient (Wildman–Crippen LogP) is 3.83. The van der Waals surface area contributed by atoms with Crippen molar-refractivity contribution in [1.82, 2.24) is 4.90 Å². The zero-order chi connectivity index (χ0) is 20.9. The number of rotatable bonds is 6. The van der Waals surface area contributed by atoms with Crippen molar-refractivity contribution < 1.29 is 22.8 Å². The number of aryl methyl sites for hydroxylation is 2. The summed E-state index contributed by atoms with van der Waals surface area (Å²) in [5.74, 6) is -0.964. The van der Waals surface area contributed by atoms with Crippen molar-refractivity contribution in [2.45, 2.75) is 20.0 Å². The number of carbonyl (C=O) groups is 2. The summed E-state index contributed by atoms with van der Waals surface area (Å²) in [6.07, 6.45) is -4.57. The first-order valence-electron chi connectivity index (χ1n) is 8.57. The highest BCUT2D eigenvalue weighted by Gasteiger charge is 2.33. The van der Waals surface area contributed by atoms with E-state index in [9.17, 15) is 22.8 Å². The van der Waals surface area contributed by atoms with E-state index in [0.717, 1.165) is 17.2 Å². The van der Waals surface area contributed by atoms with Crippen molar-refractivity contribution in [2.75, 3.05) is 30.8 Å². The van der Waals surface area contributed by atoms with Gasteiger partial charge in [-0.15, -0.1) is 0 Å². The van der Waals surface area contributed by atoms with E-state index in [1.54, 1.807) is 0 Å². The standard InChI is InChI=1S/C20H22F3N3O2/c1-13-8-14(2)10-15(9-13)24-18(27)11-26(3)12-19(28)25-17-7-5-4-6-16(17)20(21,22)23/h4-10H,11-12H2,1-3H3,(H,24,27)(H,25,28). The van der Waals surface area contributed by atoms with Gasteiger partial charge in [0, 0.05) is 5.69 Å². The molecule has 2 N–H and O–H groups in total. The summed E-state index contributed by atoms with van der Waals surface area (Å²) in [4.78, 5) is 25.6. The molecule has 28 heavy (non-hydrogen) atoms. The summed E-state index contributed by atoms with van der Waals surface area (Å²) >= 11 is 0. The molecule has 0 fully saturated rings. The topological polar surface area (TPSA) is 61.4 Å². The lowest BCUT2D eigenvalue weighted by Crippen LogP contribution is -2.36. The number of anilines is 2. The summed E-state index contributed by atoms with van der Waals surface area (Å²) in [6.45, 7) is 3.52. The van der Waals surface area contributed by atoms with Gasteiger partial charge in [-0.3, -0.25) is 14.5 Å². The van der Waals surface area contributed by atoms with Crippen LogP contribution in [-0.2, 0) is 15.8 Å². The summed E-state index contributed by atoms with van der Waals surface area (Å²) in [5, 5.41) is 5.00. The zero-order valence-corrected chi connectivity index (χ0v) is 15.9. The van der Waals surface area contributed by atoms with Gasteiger partial charge >= 0.3 is 6.18 Å². The second kappa shape index (κ2) is 8.88. The Balaban J connectivity index is 1.91. The Hall–Kier alpha value is -2.87. The molecule has 2 amide bonds. The summed E-state index contributed by atoms with van der Waals surface area (Å²) in [6, 6.07) is 10.4. The minimum Gasteiger partial charge on any atom is -0.325 e. The van der Waals surface area contributed by atoms with Crippen LogP contribution in [0.1, 0.15) is 16.7 Å². The van der Waals surface area contributed by atoms with Gasteiger partial charge in [-0.2, -0.15) is 13.2 Å². The van der Waals surface area contributed by atoms with Gasteiger partial charge in [0.25, 0.3) is 0 Å². The number of hydrogen-bond acceptors (Lipinski definition) is 3. The predicted molar refractivity (Wildman–Crippen MR) is 102 cm³/mol. The molecule has 2 aromatic carbocycles. The molecule has 0 atom stereocenters. The number of likely N-dealkylation sites (N-methyl/N-ethyl adjacent to an activating group) is 1. The Morgan fingerprint density at radius 3 is 2.04 bits per heavy atom. The third-order valence-electron chi connectivity index (χ3n) is 3.84. The van der Waals surface area contributed by atoms with Crippen LogP contribution in [0.4, 0.5) is 24.5 Å². The second-order valence-electron chi connectivity index (χ2n) is 6.69. The highest BCUT2D eigenvalue weighted by molar-refractivity contribution is 5.95. The van der Waals surface area contributed by atoms with E-state index in [2.05, 4.69) is 10.6 Å². The lowest BCUT2D eigenvalue weighted by molar-refractivity contribution is -0.137. The summed E-state index contributed by atoms with van der Waals surface area (Å²) < 4.78 is 38.9. The summed E-state index contributed by atoms with van der Waals surface area (Å²) in [7, 11) is 1.54. The molecule has 0 radical (unpaired) electrons. The first-order valence-corrected chi connectivity index (χ1v) is 8.57. The number of nitrogens with one attached hydrogen (secondary N) is 2. The third-order valence-corrected chi connectivity index (χ3v) is 3.84. The van der Waals surface area contributed by atoms with Gasteiger partial charge in [-0.05, 0) is 56.3 Å². The van der Waals surface area contributed by atoms with Gasteiger partial charge in [-0.25, -0.2) is 0 Å². The normalized spacial score (nSPS) is 11.4. The van der Waals surface area contributed by atoms with Crippen LogP contribution in [0, 0.1) is 13.8 Å². The van der Waals surface area contributed by atoms with Crippen LogP contribution in [0.15, 0.2) is 42.5 Å². The monoisotopic (exact) mass is 393 g/mol. The van der Waals surface area contributed by atoms with Gasteiger partial charge < -0.3 is 10.6 Å². The SMILES string of the molecule is Cc1cc(C)cc(NC(=O)CN(C)CC(=O)Nc2ccccc2C(F)(F)F)c1. The maximum atomic E-state index is 13.0. The molecule has 150 valence electrons. The van der Waals surface area contributed by atoms with Crippen molar-refractivity contribution in [3.63, 3.8) is 0 Å². The molecule has 0 aliphatic heterocycles. The molecule has 0 spiro atoms. The van der Waals surface area contributed by atoms with Crippen LogP contribution in [-0.4, -0.2) is 36.9 Å². The molecular formula is C20H22F3N3O2. The van der Waals surface area contributed by atoms with Crippen LogP contribution in [0.2, 0.25) is 0 Å². The molecule has 2 rings (SSSR count). The van der Waals surface area contributed by atoms with E-state index in [-0.39, 0.29) is 24.7 Å². The first kappa shape index (κ1) is 21.4. The fraction of sp³-hybridized carbons (Fsp3) is 0.300. The molecule has 0 aromatic heterocycles. The number of benzene rings is 2. The Morgan fingerprint density at radius 1 is 0.929 bits per heavy atom. The maximum Gasteiger partial charge on any atom is 0.418 e. The lowest BCUT2D eigenvalue weighted by atomic mass is 10.1. The van der Waals surface area contributed by atoms with E-state index >= 15 is 0 Å². The van der Waals surface area contributed by atoms with Gasteiger partial charge in [0.05, 0.1) is 24.3 Å². The van der Waals surface area contributed by atoms with E-state index in [0.29, 0.717) is 5.69 Å². The fourth-order valence-electron chi connectivity index (χ4n) is 2.82. The number of hydrogen-bond donors (Lipinski definition) is 2. The molecule has 0 saturated heterocycles. The number of halogens is 3. The van der Waals surface area contributed by atoms with Crippen molar-refractivity contribution in [3.05, 3.63) is 59.2 Å². The largest absolute Gasteiger partial charge is 0.418 e. The Morgan fingerprint density at radius 2 is 1.46 bits per heavy atom. The molecule has 0 heterocycles. The van der Waals surface area contributed by atoms with E-state index < -0.39 is 17.6 Å². The van der Waals surface area contributed by atoms with Crippen LogP contribution in [0.3, 0.4) is 0 Å². The number of nitrogens with zero attached hydrogens (tertiary/aromatic N) is 1. The molecule has 0 aliphatic carbocycles. The zero-order valence-electron chi connectivity index (χ0n) is 15.9. The first-order chi connectivity index (χ1) is 13.0. The number of carbonyl (C=O) groups excluding carboxylic acids is 2. The number of amides is 2. The van der Waals surface area contributed by atoms with Crippen LogP contribution in [0.25, 0.3) is 0 Å². The molecule has 2 aromatic rings. The van der Waals surface area contributed by atoms with Crippen LogP contribution in [0.5, 0.6) is 0 Å². The third kappa shape index (κ3) is 6.38. The number of para-hydroxylation sites is 1. The van der Waals surface area contributed by atoms with Gasteiger partial charge in [0.1, 0.15) is 0 Å². The van der Waals surface area contributed by atoms with Gasteiger partial charge in [-0.1, -0.05) is 18.2 Å². The molecular weight excluding hydrogens is 371 g/mol.